The minimum absolute atomic E-state index is 0.529. The lowest BCUT2D eigenvalue weighted by atomic mass is 10.1. The van der Waals surface area contributed by atoms with Gasteiger partial charge in [-0.2, -0.15) is 0 Å². The third-order valence-corrected chi connectivity index (χ3v) is 3.30. The summed E-state index contributed by atoms with van der Waals surface area (Å²) in [7, 11) is 0. The summed E-state index contributed by atoms with van der Waals surface area (Å²) in [6, 6.07) is 8.68. The number of H-pyrrole nitrogens is 1. The molecular formula is C16H23N3. The van der Waals surface area contributed by atoms with Crippen LogP contribution >= 0.6 is 0 Å². The fourth-order valence-electron chi connectivity index (χ4n) is 2.13. The van der Waals surface area contributed by atoms with Crippen molar-refractivity contribution < 1.29 is 0 Å². The fourth-order valence-corrected chi connectivity index (χ4v) is 2.13. The zero-order valence-electron chi connectivity index (χ0n) is 11.9. The largest absolute Gasteiger partial charge is 0.342 e. The average Bonchev–Trinajstić information content (AvgIpc) is 2.79. The SMILES string of the molecule is C=C(C)CCC(C)NCCc1nc2ccccc2[nH]1. The Kier molecular flexibility index (Phi) is 4.74. The van der Waals surface area contributed by atoms with Crippen molar-refractivity contribution in [2.24, 2.45) is 0 Å². The normalized spacial score (nSPS) is 12.7. The Hall–Kier alpha value is -1.61. The molecule has 1 heterocycles. The van der Waals surface area contributed by atoms with Gasteiger partial charge in [0, 0.05) is 19.0 Å². The highest BCUT2D eigenvalue weighted by atomic mass is 14.9. The van der Waals surface area contributed by atoms with Gasteiger partial charge in [0.05, 0.1) is 11.0 Å². The number of para-hydroxylation sites is 2. The number of hydrogen-bond acceptors (Lipinski definition) is 2. The molecule has 0 aliphatic rings. The van der Waals surface area contributed by atoms with Crippen LogP contribution in [0.4, 0.5) is 0 Å². The van der Waals surface area contributed by atoms with Crippen LogP contribution in [-0.4, -0.2) is 22.6 Å². The number of imidazole rings is 1. The van der Waals surface area contributed by atoms with E-state index in [1.807, 2.05) is 18.2 Å². The van der Waals surface area contributed by atoms with Crippen molar-refractivity contribution in [3.05, 3.63) is 42.2 Å². The van der Waals surface area contributed by atoms with E-state index in [2.05, 4.69) is 41.8 Å². The van der Waals surface area contributed by atoms with Crippen molar-refractivity contribution in [1.29, 1.82) is 0 Å². The number of allylic oxidation sites excluding steroid dienone is 1. The summed E-state index contributed by atoms with van der Waals surface area (Å²) >= 11 is 0. The number of fused-ring (bicyclic) bond motifs is 1. The molecule has 0 fully saturated rings. The summed E-state index contributed by atoms with van der Waals surface area (Å²) in [5, 5.41) is 3.53. The Morgan fingerprint density at radius 3 is 2.95 bits per heavy atom. The lowest BCUT2D eigenvalue weighted by Gasteiger charge is -2.12. The van der Waals surface area contributed by atoms with E-state index in [-0.39, 0.29) is 0 Å². The molecule has 0 aliphatic heterocycles. The first-order valence-electron chi connectivity index (χ1n) is 6.96. The van der Waals surface area contributed by atoms with E-state index in [0.29, 0.717) is 6.04 Å². The number of rotatable bonds is 7. The zero-order valence-corrected chi connectivity index (χ0v) is 11.9. The van der Waals surface area contributed by atoms with E-state index in [9.17, 15) is 0 Å². The summed E-state index contributed by atoms with van der Waals surface area (Å²) in [6.07, 6.45) is 3.18. The molecule has 19 heavy (non-hydrogen) atoms. The zero-order chi connectivity index (χ0) is 13.7. The highest BCUT2D eigenvalue weighted by Crippen LogP contribution is 2.10. The van der Waals surface area contributed by atoms with Crippen LogP contribution in [0.1, 0.15) is 32.5 Å². The minimum Gasteiger partial charge on any atom is -0.342 e. The number of aromatic amines is 1. The molecule has 102 valence electrons. The first-order valence-corrected chi connectivity index (χ1v) is 6.96. The maximum atomic E-state index is 4.57. The molecule has 2 N–H and O–H groups in total. The molecule has 1 unspecified atom stereocenters. The van der Waals surface area contributed by atoms with Crippen LogP contribution in [0.15, 0.2) is 36.4 Å². The molecule has 1 aromatic heterocycles. The van der Waals surface area contributed by atoms with E-state index in [1.54, 1.807) is 0 Å². The van der Waals surface area contributed by atoms with Gasteiger partial charge >= 0.3 is 0 Å². The molecule has 0 aliphatic carbocycles. The number of hydrogen-bond donors (Lipinski definition) is 2. The Labute approximate surface area is 115 Å². The molecule has 0 amide bonds. The molecular weight excluding hydrogens is 234 g/mol. The van der Waals surface area contributed by atoms with Crippen LogP contribution in [-0.2, 0) is 6.42 Å². The summed E-state index contributed by atoms with van der Waals surface area (Å²) < 4.78 is 0. The van der Waals surface area contributed by atoms with Crippen LogP contribution in [0, 0.1) is 0 Å². The van der Waals surface area contributed by atoms with Gasteiger partial charge in [0.15, 0.2) is 0 Å². The van der Waals surface area contributed by atoms with Crippen LogP contribution in [0.5, 0.6) is 0 Å². The quantitative estimate of drug-likeness (QED) is 0.746. The fraction of sp³-hybridized carbons (Fsp3) is 0.438. The Morgan fingerprint density at radius 1 is 1.42 bits per heavy atom. The van der Waals surface area contributed by atoms with E-state index in [4.69, 9.17) is 0 Å². The van der Waals surface area contributed by atoms with Gasteiger partial charge in [0.1, 0.15) is 5.82 Å². The predicted molar refractivity (Wildman–Crippen MR) is 81.3 cm³/mol. The van der Waals surface area contributed by atoms with Crippen molar-refractivity contribution in [1.82, 2.24) is 15.3 Å². The molecule has 2 aromatic rings. The van der Waals surface area contributed by atoms with Gasteiger partial charge in [0.2, 0.25) is 0 Å². The van der Waals surface area contributed by atoms with Gasteiger partial charge in [-0.05, 0) is 38.8 Å². The molecule has 0 radical (unpaired) electrons. The minimum atomic E-state index is 0.529. The predicted octanol–water partition coefficient (Wildman–Crippen LogP) is 3.44. The molecule has 3 nitrogen and oxygen atoms in total. The Bertz CT molecular complexity index is 509. The van der Waals surface area contributed by atoms with Crippen LogP contribution < -0.4 is 5.32 Å². The summed E-state index contributed by atoms with van der Waals surface area (Å²) in [5.41, 5.74) is 3.42. The average molecular weight is 257 g/mol. The molecule has 0 saturated carbocycles. The topological polar surface area (TPSA) is 40.7 Å². The first-order chi connectivity index (χ1) is 9.15. The molecule has 0 saturated heterocycles. The lowest BCUT2D eigenvalue weighted by molar-refractivity contribution is 0.514. The maximum absolute atomic E-state index is 4.57. The number of aromatic nitrogens is 2. The summed E-state index contributed by atoms with van der Waals surface area (Å²) in [6.45, 7) is 9.20. The van der Waals surface area contributed by atoms with Crippen LogP contribution in [0.2, 0.25) is 0 Å². The van der Waals surface area contributed by atoms with Crippen LogP contribution in [0.25, 0.3) is 11.0 Å². The van der Waals surface area contributed by atoms with E-state index >= 15 is 0 Å². The first kappa shape index (κ1) is 13.8. The van der Waals surface area contributed by atoms with Gasteiger partial charge in [-0.1, -0.05) is 17.7 Å². The van der Waals surface area contributed by atoms with Gasteiger partial charge in [-0.25, -0.2) is 4.98 Å². The smallest absolute Gasteiger partial charge is 0.108 e. The summed E-state index contributed by atoms with van der Waals surface area (Å²) in [4.78, 5) is 7.93. The lowest BCUT2D eigenvalue weighted by Crippen LogP contribution is -2.28. The second-order valence-electron chi connectivity index (χ2n) is 5.30. The Balaban J connectivity index is 1.77. The Morgan fingerprint density at radius 2 is 2.21 bits per heavy atom. The molecule has 2 rings (SSSR count). The van der Waals surface area contributed by atoms with E-state index in [0.717, 1.165) is 42.7 Å². The molecule has 0 spiro atoms. The third kappa shape index (κ3) is 4.21. The molecule has 0 bridgehead atoms. The van der Waals surface area contributed by atoms with Gasteiger partial charge < -0.3 is 10.3 Å². The number of nitrogens with one attached hydrogen (secondary N) is 2. The van der Waals surface area contributed by atoms with Crippen LogP contribution in [0.3, 0.4) is 0 Å². The van der Waals surface area contributed by atoms with Gasteiger partial charge in [-0.15, -0.1) is 6.58 Å². The van der Waals surface area contributed by atoms with Crippen molar-refractivity contribution in [3.63, 3.8) is 0 Å². The maximum Gasteiger partial charge on any atom is 0.108 e. The monoisotopic (exact) mass is 257 g/mol. The van der Waals surface area contributed by atoms with Gasteiger partial charge in [-0.3, -0.25) is 0 Å². The highest BCUT2D eigenvalue weighted by molar-refractivity contribution is 5.74. The second kappa shape index (κ2) is 6.53. The highest BCUT2D eigenvalue weighted by Gasteiger charge is 2.04. The van der Waals surface area contributed by atoms with Crippen molar-refractivity contribution in [2.45, 2.75) is 39.2 Å². The van der Waals surface area contributed by atoms with E-state index in [1.165, 1.54) is 5.57 Å². The standard InChI is InChI=1S/C16H23N3/c1-12(2)8-9-13(3)17-11-10-16-18-14-6-4-5-7-15(14)19-16/h4-7,13,17H,1,8-11H2,2-3H3,(H,18,19). The third-order valence-electron chi connectivity index (χ3n) is 3.30. The molecule has 3 heteroatoms. The second-order valence-corrected chi connectivity index (χ2v) is 5.30. The molecule has 1 aromatic carbocycles. The molecule has 1 atom stereocenters. The van der Waals surface area contributed by atoms with Crippen molar-refractivity contribution >= 4 is 11.0 Å². The van der Waals surface area contributed by atoms with Gasteiger partial charge in [0.25, 0.3) is 0 Å². The van der Waals surface area contributed by atoms with Crippen molar-refractivity contribution in [2.75, 3.05) is 6.54 Å². The number of nitrogens with zero attached hydrogens (tertiary/aromatic N) is 1. The van der Waals surface area contributed by atoms with Crippen molar-refractivity contribution in [3.8, 4) is 0 Å². The van der Waals surface area contributed by atoms with E-state index < -0.39 is 0 Å². The summed E-state index contributed by atoms with van der Waals surface area (Å²) in [5.74, 6) is 1.06. The number of benzene rings is 1.